The van der Waals surface area contributed by atoms with Crippen molar-refractivity contribution in [2.24, 2.45) is 0 Å². The zero-order valence-electron chi connectivity index (χ0n) is 11.4. The molecule has 0 heterocycles. The minimum Gasteiger partial charge on any atom is -0.341 e. The highest BCUT2D eigenvalue weighted by Crippen LogP contribution is 2.11. The highest BCUT2D eigenvalue weighted by Gasteiger charge is 2.08. The molecule has 0 unspecified atom stereocenters. The van der Waals surface area contributed by atoms with Crippen molar-refractivity contribution in [1.82, 2.24) is 5.32 Å². The number of non-ortho nitro benzene ring substituents is 1. The van der Waals surface area contributed by atoms with Gasteiger partial charge >= 0.3 is 0 Å². The fraction of sp³-hybridized carbons (Fsp3) is 0.0625. The molecule has 0 fully saturated rings. The molecule has 1 amide bonds. The van der Waals surface area contributed by atoms with Crippen LogP contribution in [0.3, 0.4) is 0 Å². The molecule has 0 saturated carbocycles. The van der Waals surface area contributed by atoms with Crippen molar-refractivity contribution in [2.45, 2.75) is 0 Å². The average Bonchev–Trinajstić information content (AvgIpc) is 2.51. The summed E-state index contributed by atoms with van der Waals surface area (Å²) in [5.41, 5.74) is 1.05. The Labute approximate surface area is 132 Å². The largest absolute Gasteiger partial charge is 0.341 e. The molecule has 0 bridgehead atoms. The molecule has 110 valence electrons. The first-order chi connectivity index (χ1) is 10.6. The summed E-state index contributed by atoms with van der Waals surface area (Å²) in [5.74, 6) is 5.35. The molecule has 0 saturated heterocycles. The van der Waals surface area contributed by atoms with Gasteiger partial charge in [-0.3, -0.25) is 14.9 Å². The Morgan fingerprint density at radius 2 is 1.95 bits per heavy atom. The molecule has 2 aromatic rings. The van der Waals surface area contributed by atoms with Crippen LogP contribution in [-0.4, -0.2) is 17.4 Å². The lowest BCUT2D eigenvalue weighted by Crippen LogP contribution is -2.23. The van der Waals surface area contributed by atoms with Crippen molar-refractivity contribution < 1.29 is 9.72 Å². The van der Waals surface area contributed by atoms with Gasteiger partial charge in [0.2, 0.25) is 0 Å². The van der Waals surface area contributed by atoms with E-state index in [1.807, 2.05) is 6.07 Å². The molecular weight excluding hydrogens is 304 g/mol. The minimum absolute atomic E-state index is 0.0581. The number of carbonyl (C=O) groups is 1. The van der Waals surface area contributed by atoms with Gasteiger partial charge in [0.05, 0.1) is 11.5 Å². The van der Waals surface area contributed by atoms with E-state index in [0.29, 0.717) is 10.6 Å². The van der Waals surface area contributed by atoms with E-state index in [-0.39, 0.29) is 18.1 Å². The van der Waals surface area contributed by atoms with E-state index in [4.69, 9.17) is 11.6 Å². The van der Waals surface area contributed by atoms with Crippen LogP contribution in [0.5, 0.6) is 0 Å². The Bertz CT molecular complexity index is 761. The van der Waals surface area contributed by atoms with Gasteiger partial charge in [0, 0.05) is 28.3 Å². The van der Waals surface area contributed by atoms with E-state index < -0.39 is 4.92 Å². The summed E-state index contributed by atoms with van der Waals surface area (Å²) in [5, 5.41) is 13.7. The molecule has 0 atom stereocenters. The second-order valence-electron chi connectivity index (χ2n) is 4.30. The number of hydrogen-bond acceptors (Lipinski definition) is 3. The van der Waals surface area contributed by atoms with Crippen molar-refractivity contribution in [2.75, 3.05) is 6.54 Å². The second-order valence-corrected chi connectivity index (χ2v) is 4.74. The van der Waals surface area contributed by atoms with Gasteiger partial charge in [0.1, 0.15) is 0 Å². The molecule has 2 aromatic carbocycles. The molecule has 0 aliphatic rings. The fourth-order valence-electron chi connectivity index (χ4n) is 1.67. The summed E-state index contributed by atoms with van der Waals surface area (Å²) >= 11 is 5.84. The van der Waals surface area contributed by atoms with Gasteiger partial charge in [-0.05, 0) is 30.3 Å². The third kappa shape index (κ3) is 4.33. The molecule has 22 heavy (non-hydrogen) atoms. The van der Waals surface area contributed by atoms with Crippen molar-refractivity contribution in [3.05, 3.63) is 74.8 Å². The maximum atomic E-state index is 11.8. The highest BCUT2D eigenvalue weighted by molar-refractivity contribution is 6.30. The Morgan fingerprint density at radius 3 is 2.59 bits per heavy atom. The van der Waals surface area contributed by atoms with Gasteiger partial charge in [-0.25, -0.2) is 0 Å². The predicted octanol–water partition coefficient (Wildman–Crippen LogP) is 3.03. The summed E-state index contributed by atoms with van der Waals surface area (Å²) in [6, 6.07) is 12.5. The number of nitrogens with zero attached hydrogens (tertiary/aromatic N) is 1. The normalized spacial score (nSPS) is 9.50. The zero-order valence-corrected chi connectivity index (χ0v) is 12.1. The third-order valence-electron chi connectivity index (χ3n) is 2.73. The van der Waals surface area contributed by atoms with Crippen molar-refractivity contribution in [1.29, 1.82) is 0 Å². The molecule has 0 aliphatic carbocycles. The number of nitro benzene ring substituents is 1. The number of hydrogen-bond donors (Lipinski definition) is 1. The summed E-state index contributed by atoms with van der Waals surface area (Å²) in [6.45, 7) is 0.169. The first kappa shape index (κ1) is 15.5. The lowest BCUT2D eigenvalue weighted by molar-refractivity contribution is -0.384. The van der Waals surface area contributed by atoms with E-state index in [9.17, 15) is 14.9 Å². The Balaban J connectivity index is 1.92. The third-order valence-corrected chi connectivity index (χ3v) is 2.97. The number of halogens is 1. The van der Waals surface area contributed by atoms with Crippen LogP contribution in [0.25, 0.3) is 0 Å². The second kappa shape index (κ2) is 7.25. The maximum Gasteiger partial charge on any atom is 0.269 e. The maximum absolute atomic E-state index is 11.8. The van der Waals surface area contributed by atoms with Gasteiger partial charge < -0.3 is 5.32 Å². The van der Waals surface area contributed by atoms with Crippen molar-refractivity contribution in [3.63, 3.8) is 0 Å². The van der Waals surface area contributed by atoms with Crippen LogP contribution in [0.4, 0.5) is 5.69 Å². The monoisotopic (exact) mass is 314 g/mol. The number of rotatable bonds is 3. The van der Waals surface area contributed by atoms with Gasteiger partial charge in [0.25, 0.3) is 11.6 Å². The topological polar surface area (TPSA) is 72.2 Å². The van der Waals surface area contributed by atoms with Crippen LogP contribution < -0.4 is 5.32 Å². The molecule has 0 aliphatic heterocycles. The quantitative estimate of drug-likeness (QED) is 0.537. The van der Waals surface area contributed by atoms with Gasteiger partial charge in [-0.1, -0.05) is 29.5 Å². The molecule has 2 rings (SSSR count). The lowest BCUT2D eigenvalue weighted by atomic mass is 10.2. The van der Waals surface area contributed by atoms with Crippen molar-refractivity contribution in [3.8, 4) is 11.8 Å². The number of amides is 1. The Hall–Kier alpha value is -2.84. The van der Waals surface area contributed by atoms with E-state index in [1.165, 1.54) is 24.3 Å². The smallest absolute Gasteiger partial charge is 0.269 e. The average molecular weight is 315 g/mol. The van der Waals surface area contributed by atoms with Gasteiger partial charge in [0.15, 0.2) is 0 Å². The molecule has 0 spiro atoms. The Kier molecular flexibility index (Phi) is 5.12. The summed E-state index contributed by atoms with van der Waals surface area (Å²) < 4.78 is 0. The summed E-state index contributed by atoms with van der Waals surface area (Å²) in [6.07, 6.45) is 0. The van der Waals surface area contributed by atoms with Crippen molar-refractivity contribution >= 4 is 23.2 Å². The van der Waals surface area contributed by atoms with E-state index in [1.54, 1.807) is 18.2 Å². The van der Waals surface area contributed by atoms with Gasteiger partial charge in [-0.2, -0.15) is 0 Å². The summed E-state index contributed by atoms with van der Waals surface area (Å²) in [4.78, 5) is 21.8. The molecule has 5 nitrogen and oxygen atoms in total. The molecular formula is C16H11ClN2O3. The van der Waals surface area contributed by atoms with Crippen LogP contribution >= 0.6 is 11.6 Å². The number of benzene rings is 2. The van der Waals surface area contributed by atoms with E-state index >= 15 is 0 Å². The molecule has 1 N–H and O–H groups in total. The SMILES string of the molecule is O=C(NCC#Cc1cccc(Cl)c1)c1ccc([N+](=O)[O-])cc1. The number of nitrogens with one attached hydrogen (secondary N) is 1. The highest BCUT2D eigenvalue weighted by atomic mass is 35.5. The van der Waals surface area contributed by atoms with Crippen LogP contribution in [0.1, 0.15) is 15.9 Å². The minimum atomic E-state index is -0.516. The Morgan fingerprint density at radius 1 is 1.23 bits per heavy atom. The van der Waals surface area contributed by atoms with Crippen LogP contribution in [0.2, 0.25) is 5.02 Å². The molecule has 6 heteroatoms. The first-order valence-corrected chi connectivity index (χ1v) is 6.71. The van der Waals surface area contributed by atoms with Crippen LogP contribution in [0.15, 0.2) is 48.5 Å². The van der Waals surface area contributed by atoms with Crippen LogP contribution in [0, 0.1) is 22.0 Å². The summed E-state index contributed by atoms with van der Waals surface area (Å²) in [7, 11) is 0. The van der Waals surface area contributed by atoms with E-state index in [0.717, 1.165) is 5.56 Å². The first-order valence-electron chi connectivity index (χ1n) is 6.33. The van der Waals surface area contributed by atoms with E-state index in [2.05, 4.69) is 17.2 Å². The fourth-order valence-corrected chi connectivity index (χ4v) is 1.86. The standard InChI is InChI=1S/C16H11ClN2O3/c17-14-5-1-3-12(11-14)4-2-10-18-16(20)13-6-8-15(9-7-13)19(21)22/h1,3,5-9,11H,10H2,(H,18,20). The number of carbonyl (C=O) groups excluding carboxylic acids is 1. The van der Waals surface area contributed by atoms with Gasteiger partial charge in [-0.15, -0.1) is 0 Å². The lowest BCUT2D eigenvalue weighted by Gasteiger charge is -2.00. The zero-order chi connectivity index (χ0) is 15.9. The molecule has 0 radical (unpaired) electrons. The van der Waals surface area contributed by atoms with Crippen LogP contribution in [-0.2, 0) is 0 Å². The predicted molar refractivity (Wildman–Crippen MR) is 83.8 cm³/mol. The number of nitro groups is 1. The molecule has 0 aromatic heterocycles.